The number of nitrogens with one attached hydrogen (secondary N) is 3. The number of azo groups is 1. The molecule has 0 aliphatic heterocycles. The Morgan fingerprint density at radius 3 is 1.85 bits per heavy atom. The Kier molecular flexibility index (Phi) is 23.0. The van der Waals surface area contributed by atoms with Gasteiger partial charge in [0, 0.05) is 23.2 Å². The topological polar surface area (TPSA) is 409 Å². The molecule has 25 nitrogen and oxygen atoms in total. The van der Waals surface area contributed by atoms with E-state index in [1.54, 1.807) is 0 Å². The number of aromatic nitrogens is 3. The van der Waals surface area contributed by atoms with Crippen molar-refractivity contribution in [3.05, 3.63) is 65.9 Å². The number of anilines is 5. The molecular weight excluding hydrogens is 1030 g/mol. The molecule has 0 unspecified atom stereocenters. The Labute approximate surface area is 463 Å². The number of rotatable bonds is 16. The van der Waals surface area contributed by atoms with E-state index in [0.29, 0.717) is 24.3 Å². The van der Waals surface area contributed by atoms with Crippen molar-refractivity contribution >= 4 is 119 Å². The van der Waals surface area contributed by atoms with Gasteiger partial charge in [-0.15, -0.1) is 10.2 Å². The molecule has 4 aromatic carbocycles. The van der Waals surface area contributed by atoms with Crippen LogP contribution in [-0.4, -0.2) is 98.6 Å². The van der Waals surface area contributed by atoms with Gasteiger partial charge < -0.3 is 39.3 Å². The number of nitrogens with zero attached hydrogens (tertiary/aromatic N) is 5. The molecule has 1 aromatic heterocycles. The normalized spacial score (nSPS) is 12.0. The first kappa shape index (κ1) is 61.5. The van der Waals surface area contributed by atoms with E-state index >= 15 is 0 Å². The SMILES string of the molecule is CCC(=O)Nc1cc(S(=O)(=O)[O-])cc2cc(S(=O)(=O)[O-])c(N=Nc3ccc(Nc4nc(Cl)nc(Nc5cccc(S(=O)(=O)CCOS(=O)(=O)[O-])c5)n4)cc3S(=O)(=O)[O-])c(O)c12.[Na+].[Na+].[Na+].[Na+]. The second-order valence-corrected chi connectivity index (χ2v) is 19.4. The molecule has 4 N–H and O–H groups in total. The standard InChI is InChI=1S/C30H27ClN8O17S5.4Na/c1-2-24(40)34-21-14-19(58(44,45)46)10-15-11-23(60(50,51)52)26(27(41)25(15)21)39-38-20-7-6-17(13-22(20)59(47,48)49)33-30-36-28(31)35-29(37-30)32-16-4-3-5-18(12-16)57(42,43)9-8-56-61(53,54)55;;;;/h3-7,10-14,41H,2,8-9H2,1H3,(H,34,40)(H,44,45,46)(H,47,48,49)(H,50,51,52)(H,53,54,55)(H2,32,33,35,36,37);;;;/q;4*+1/p-4. The number of phenols is 1. The molecule has 0 aliphatic carbocycles. The fourth-order valence-electron chi connectivity index (χ4n) is 5.06. The van der Waals surface area contributed by atoms with Crippen molar-refractivity contribution in [2.24, 2.45) is 10.2 Å². The number of amides is 1. The van der Waals surface area contributed by atoms with Crippen LogP contribution in [0.4, 0.5) is 40.3 Å². The molecule has 0 bridgehead atoms. The number of aromatic hydroxyl groups is 1. The van der Waals surface area contributed by atoms with Crippen LogP contribution in [0.5, 0.6) is 5.75 Å². The molecule has 0 radical (unpaired) electrons. The maximum atomic E-state index is 12.6. The van der Waals surface area contributed by atoms with Crippen LogP contribution in [0.1, 0.15) is 13.3 Å². The summed E-state index contributed by atoms with van der Waals surface area (Å²) in [6.45, 7) is 0.444. The van der Waals surface area contributed by atoms with Crippen molar-refractivity contribution in [2.75, 3.05) is 28.3 Å². The zero-order valence-corrected chi connectivity index (χ0v) is 46.9. The third kappa shape index (κ3) is 16.8. The Hall–Kier alpha value is -1.54. The number of hydrogen-bond acceptors (Lipinski definition) is 24. The fourth-order valence-corrected chi connectivity index (χ4v) is 8.56. The molecule has 0 fully saturated rings. The fraction of sp³-hybridized carbons (Fsp3) is 0.133. The van der Waals surface area contributed by atoms with Crippen molar-refractivity contribution in [2.45, 2.75) is 32.9 Å². The zero-order valence-electron chi connectivity index (χ0n) is 34.0. The summed E-state index contributed by atoms with van der Waals surface area (Å²) in [5.41, 5.74) is -2.63. The van der Waals surface area contributed by atoms with Crippen LogP contribution in [0, 0.1) is 0 Å². The quantitative estimate of drug-likeness (QED) is 0.0308. The summed E-state index contributed by atoms with van der Waals surface area (Å²) in [5, 5.41) is 24.2. The molecule has 65 heavy (non-hydrogen) atoms. The number of carbonyl (C=O) groups excluding carboxylic acids is 1. The third-order valence-electron chi connectivity index (χ3n) is 7.66. The van der Waals surface area contributed by atoms with Gasteiger partial charge in [0.15, 0.2) is 15.6 Å². The smallest absolute Gasteiger partial charge is 0.744 e. The summed E-state index contributed by atoms with van der Waals surface area (Å²) in [4.78, 5) is 20.2. The van der Waals surface area contributed by atoms with Gasteiger partial charge >= 0.3 is 118 Å². The molecule has 5 aromatic rings. The van der Waals surface area contributed by atoms with E-state index in [9.17, 15) is 70.2 Å². The Balaban J connectivity index is 0.00000528. The molecule has 0 saturated carbocycles. The van der Waals surface area contributed by atoms with E-state index in [0.717, 1.165) is 24.3 Å². The van der Waals surface area contributed by atoms with Crippen LogP contribution >= 0.6 is 11.6 Å². The molecule has 0 aliphatic rings. The summed E-state index contributed by atoms with van der Waals surface area (Å²) in [6.07, 6.45) is -0.197. The van der Waals surface area contributed by atoms with E-state index in [4.69, 9.17) is 11.6 Å². The number of phenolic OH excluding ortho intramolecular Hbond substituents is 1. The number of benzene rings is 4. The second kappa shape index (κ2) is 24.3. The van der Waals surface area contributed by atoms with E-state index in [2.05, 4.69) is 45.3 Å². The van der Waals surface area contributed by atoms with Gasteiger partial charge in [-0.3, -0.25) is 8.98 Å². The Morgan fingerprint density at radius 2 is 1.31 bits per heavy atom. The predicted octanol–water partition coefficient (Wildman–Crippen LogP) is -9.39. The number of carbonyl (C=O) groups is 1. The average molecular weight is 1060 g/mol. The number of fused-ring (bicyclic) bond motifs is 1. The van der Waals surface area contributed by atoms with Gasteiger partial charge in [0.1, 0.15) is 41.7 Å². The third-order valence-corrected chi connectivity index (χ3v) is 12.5. The minimum atomic E-state index is -5.63. The number of halogens is 1. The van der Waals surface area contributed by atoms with Gasteiger partial charge in [-0.2, -0.15) is 15.0 Å². The minimum Gasteiger partial charge on any atom is -0.744 e. The first-order chi connectivity index (χ1) is 28.1. The van der Waals surface area contributed by atoms with Gasteiger partial charge in [-0.1, -0.05) is 13.0 Å². The molecular formula is C30H23ClN8Na4O17S5. The van der Waals surface area contributed by atoms with Crippen LogP contribution in [0.2, 0.25) is 5.28 Å². The van der Waals surface area contributed by atoms with Gasteiger partial charge in [-0.25, -0.2) is 42.1 Å². The molecule has 0 atom stereocenters. The Morgan fingerprint density at radius 1 is 0.723 bits per heavy atom. The van der Waals surface area contributed by atoms with Gasteiger partial charge in [-0.05, 0) is 71.6 Å². The largest absolute Gasteiger partial charge is 1.00 e. The van der Waals surface area contributed by atoms with Gasteiger partial charge in [0.2, 0.25) is 33.5 Å². The summed E-state index contributed by atoms with van der Waals surface area (Å²) < 4.78 is 171. The van der Waals surface area contributed by atoms with Crippen molar-refractivity contribution in [1.29, 1.82) is 0 Å². The van der Waals surface area contributed by atoms with Crippen LogP contribution < -0.4 is 134 Å². The number of sulfone groups is 1. The van der Waals surface area contributed by atoms with Crippen molar-refractivity contribution in [1.82, 2.24) is 15.0 Å². The molecule has 326 valence electrons. The molecule has 1 heterocycles. The maximum absolute atomic E-state index is 12.6. The van der Waals surface area contributed by atoms with E-state index in [1.807, 2.05) is 0 Å². The molecule has 35 heteroatoms. The van der Waals surface area contributed by atoms with E-state index in [1.165, 1.54) is 19.1 Å². The molecule has 5 rings (SSSR count). The first-order valence-corrected chi connectivity index (χ1v) is 23.7. The van der Waals surface area contributed by atoms with E-state index in [-0.39, 0.29) is 147 Å². The van der Waals surface area contributed by atoms with Crippen molar-refractivity contribution < 1.29 is 193 Å². The monoisotopic (exact) mass is 1050 g/mol. The van der Waals surface area contributed by atoms with Gasteiger partial charge in [0.25, 0.3) is 0 Å². The van der Waals surface area contributed by atoms with Crippen molar-refractivity contribution in [3.8, 4) is 5.75 Å². The zero-order chi connectivity index (χ0) is 45.3. The minimum absolute atomic E-state index is 0. The van der Waals surface area contributed by atoms with Crippen LogP contribution in [-0.2, 0) is 59.6 Å². The van der Waals surface area contributed by atoms with Crippen LogP contribution in [0.15, 0.2) is 90.5 Å². The van der Waals surface area contributed by atoms with Crippen LogP contribution in [0.3, 0.4) is 0 Å². The van der Waals surface area contributed by atoms with Gasteiger partial charge in [0.05, 0.1) is 37.6 Å². The summed E-state index contributed by atoms with van der Waals surface area (Å²) in [6, 6.07) is 9.35. The second-order valence-electron chi connectivity index (χ2n) is 11.9. The molecule has 1 amide bonds. The molecule has 0 spiro atoms. The van der Waals surface area contributed by atoms with Crippen molar-refractivity contribution in [3.63, 3.8) is 0 Å². The summed E-state index contributed by atoms with van der Waals surface area (Å²) in [5.74, 6) is -3.55. The van der Waals surface area contributed by atoms with E-state index < -0.39 is 128 Å². The first-order valence-electron chi connectivity index (χ1n) is 16.1. The summed E-state index contributed by atoms with van der Waals surface area (Å²) >= 11 is 6.03. The number of hydrogen-bond donors (Lipinski definition) is 4. The summed E-state index contributed by atoms with van der Waals surface area (Å²) in [7, 11) is -25.7. The Bertz CT molecular complexity index is 3230. The van der Waals surface area contributed by atoms with Crippen LogP contribution in [0.25, 0.3) is 10.8 Å². The average Bonchev–Trinajstić information content (AvgIpc) is 3.12. The molecule has 0 saturated heterocycles. The maximum Gasteiger partial charge on any atom is 1.00 e. The predicted molar refractivity (Wildman–Crippen MR) is 205 cm³/mol.